The Balaban J connectivity index is 0.00000300. The number of rotatable bonds is 7. The Morgan fingerprint density at radius 2 is 2.00 bits per heavy atom. The minimum Gasteiger partial charge on any atom is -0.364 e. The fourth-order valence-electron chi connectivity index (χ4n) is 3.97. The van der Waals surface area contributed by atoms with Crippen LogP contribution in [0.15, 0.2) is 21.8 Å². The van der Waals surface area contributed by atoms with Crippen LogP contribution >= 0.6 is 24.0 Å². The van der Waals surface area contributed by atoms with Crippen LogP contribution in [0.2, 0.25) is 0 Å². The number of piperazine rings is 1. The van der Waals surface area contributed by atoms with Gasteiger partial charge >= 0.3 is 0 Å². The summed E-state index contributed by atoms with van der Waals surface area (Å²) in [6.07, 6.45) is 6.68. The quantitative estimate of drug-likeness (QED) is 0.316. The molecule has 0 aromatic carbocycles. The van der Waals surface area contributed by atoms with Crippen LogP contribution in [0, 0.1) is 0 Å². The molecule has 0 spiro atoms. The molecule has 0 amide bonds. The predicted octanol–water partition coefficient (Wildman–Crippen LogP) is 1.19. The van der Waals surface area contributed by atoms with Crippen molar-refractivity contribution in [3.05, 3.63) is 18.0 Å². The lowest BCUT2D eigenvalue weighted by Gasteiger charge is -2.36. The summed E-state index contributed by atoms with van der Waals surface area (Å²) in [6, 6.07) is 2.30. The molecule has 1 N–H and O–H groups in total. The van der Waals surface area contributed by atoms with E-state index in [1.54, 1.807) is 13.1 Å². The molecule has 1 saturated carbocycles. The summed E-state index contributed by atoms with van der Waals surface area (Å²) < 4.78 is 31.3. The number of nitrogens with one attached hydrogen (secondary N) is 1. The normalized spacial score (nSPS) is 19.6. The second kappa shape index (κ2) is 11.5. The summed E-state index contributed by atoms with van der Waals surface area (Å²) in [6.45, 7) is 3.96. The lowest BCUT2D eigenvalue weighted by Crippen LogP contribution is -2.54. The third kappa shape index (κ3) is 6.79. The minimum atomic E-state index is -3.38. The van der Waals surface area contributed by atoms with Crippen molar-refractivity contribution in [1.29, 1.82) is 0 Å². The summed E-state index contributed by atoms with van der Waals surface area (Å²) in [5.74, 6) is 0.720. The highest BCUT2D eigenvalue weighted by atomic mass is 127. The molecular formula is C18H33IN6O3S. The molecule has 2 fully saturated rings. The number of nitrogens with zero attached hydrogens (tertiary/aromatic N) is 5. The highest BCUT2D eigenvalue weighted by Crippen LogP contribution is 2.21. The first-order valence-corrected chi connectivity index (χ1v) is 11.6. The summed E-state index contributed by atoms with van der Waals surface area (Å²) in [7, 11) is 0.585. The van der Waals surface area contributed by atoms with E-state index in [1.165, 1.54) is 36.3 Å². The van der Waals surface area contributed by atoms with Gasteiger partial charge in [-0.05, 0) is 19.9 Å². The molecule has 0 bridgehead atoms. The van der Waals surface area contributed by atoms with E-state index in [0.717, 1.165) is 19.0 Å². The van der Waals surface area contributed by atoms with Gasteiger partial charge in [-0.1, -0.05) is 18.0 Å². The van der Waals surface area contributed by atoms with Gasteiger partial charge in [-0.3, -0.25) is 4.99 Å². The number of hydrogen-bond donors (Lipinski definition) is 1. The van der Waals surface area contributed by atoms with E-state index in [-0.39, 0.29) is 29.7 Å². The summed E-state index contributed by atoms with van der Waals surface area (Å²) in [5.41, 5.74) is 0.436. The third-order valence-electron chi connectivity index (χ3n) is 5.66. The molecule has 2 heterocycles. The molecule has 9 nitrogen and oxygen atoms in total. The maximum atomic E-state index is 12.5. The third-order valence-corrected chi connectivity index (χ3v) is 7.47. The highest BCUT2D eigenvalue weighted by molar-refractivity contribution is 14.0. The van der Waals surface area contributed by atoms with Gasteiger partial charge in [0, 0.05) is 58.4 Å². The average molecular weight is 540 g/mol. The fraction of sp³-hybridized carbons (Fsp3) is 0.778. The van der Waals surface area contributed by atoms with Crippen molar-refractivity contribution in [3.63, 3.8) is 0 Å². The molecule has 0 unspecified atom stereocenters. The van der Waals surface area contributed by atoms with Gasteiger partial charge in [0.15, 0.2) is 5.96 Å². The Kier molecular flexibility index (Phi) is 9.63. The standard InChI is InChI=1S/C18H32N6O3S.HI/c1-19-18(20-8-9-22(2)17-5-3-4-6-17)23-10-12-24(13-11-23)28(25,26)15-16-7-14-27-21-16;/h7,14,17H,3-6,8-13,15H2,1-2H3,(H,19,20);1H. The summed E-state index contributed by atoms with van der Waals surface area (Å²) in [4.78, 5) is 8.93. The first-order chi connectivity index (χ1) is 13.5. The molecule has 3 rings (SSSR count). The maximum Gasteiger partial charge on any atom is 0.220 e. The largest absolute Gasteiger partial charge is 0.364 e. The lowest BCUT2D eigenvalue weighted by atomic mass is 10.2. The summed E-state index contributed by atoms with van der Waals surface area (Å²) >= 11 is 0. The molecule has 0 radical (unpaired) electrons. The van der Waals surface area contributed by atoms with E-state index in [2.05, 4.69) is 32.3 Å². The average Bonchev–Trinajstić information content (AvgIpc) is 3.39. The summed E-state index contributed by atoms with van der Waals surface area (Å²) in [5, 5.41) is 7.13. The molecule has 11 heteroatoms. The van der Waals surface area contributed by atoms with Gasteiger partial charge in [0.1, 0.15) is 12.0 Å². The van der Waals surface area contributed by atoms with Crippen LogP contribution in [-0.4, -0.2) is 93.0 Å². The van der Waals surface area contributed by atoms with Crippen molar-refractivity contribution < 1.29 is 12.9 Å². The monoisotopic (exact) mass is 540 g/mol. The Morgan fingerprint density at radius 3 is 2.59 bits per heavy atom. The van der Waals surface area contributed by atoms with E-state index < -0.39 is 10.0 Å². The van der Waals surface area contributed by atoms with Crippen LogP contribution in [0.5, 0.6) is 0 Å². The first kappa shape index (κ1) is 24.4. The number of aromatic nitrogens is 1. The van der Waals surface area contributed by atoms with E-state index in [1.807, 2.05) is 0 Å². The van der Waals surface area contributed by atoms with Gasteiger partial charge in [0.05, 0.1) is 5.69 Å². The van der Waals surface area contributed by atoms with Crippen molar-refractivity contribution in [2.24, 2.45) is 4.99 Å². The highest BCUT2D eigenvalue weighted by Gasteiger charge is 2.29. The SMILES string of the molecule is CN=C(NCCN(C)C1CCCC1)N1CCN(S(=O)(=O)Cc2ccon2)CC1.I. The van der Waals surface area contributed by atoms with Gasteiger partial charge in [0.25, 0.3) is 0 Å². The van der Waals surface area contributed by atoms with Crippen molar-refractivity contribution in [1.82, 2.24) is 24.6 Å². The molecule has 1 saturated heterocycles. The molecule has 0 atom stereocenters. The molecule has 1 aromatic heterocycles. The number of likely N-dealkylation sites (N-methyl/N-ethyl adjacent to an activating group) is 1. The van der Waals surface area contributed by atoms with Crippen molar-refractivity contribution in [2.75, 3.05) is 53.4 Å². The number of sulfonamides is 1. The molecule has 1 aliphatic carbocycles. The number of aliphatic imine (C=N–C) groups is 1. The molecule has 166 valence electrons. The molecule has 2 aliphatic rings. The van der Waals surface area contributed by atoms with Gasteiger partial charge in [-0.25, -0.2) is 8.42 Å². The van der Waals surface area contributed by atoms with E-state index in [4.69, 9.17) is 4.52 Å². The number of guanidine groups is 1. The first-order valence-electron chi connectivity index (χ1n) is 10.0. The predicted molar refractivity (Wildman–Crippen MR) is 124 cm³/mol. The van der Waals surface area contributed by atoms with Crippen LogP contribution in [0.4, 0.5) is 0 Å². The van der Waals surface area contributed by atoms with Gasteiger partial charge in [-0.2, -0.15) is 4.31 Å². The zero-order valence-corrected chi connectivity index (χ0v) is 20.4. The van der Waals surface area contributed by atoms with Crippen LogP contribution in [0.25, 0.3) is 0 Å². The van der Waals surface area contributed by atoms with Crippen molar-refractivity contribution >= 4 is 40.0 Å². The molecule has 29 heavy (non-hydrogen) atoms. The van der Waals surface area contributed by atoms with Crippen molar-refractivity contribution in [2.45, 2.75) is 37.5 Å². The van der Waals surface area contributed by atoms with Crippen LogP contribution in [0.1, 0.15) is 31.4 Å². The zero-order chi connectivity index (χ0) is 20.0. The fourth-order valence-corrected chi connectivity index (χ4v) is 5.40. The van der Waals surface area contributed by atoms with Gasteiger partial charge in [0.2, 0.25) is 10.0 Å². The Labute approximate surface area is 190 Å². The molecule has 1 aromatic rings. The van der Waals surface area contributed by atoms with E-state index in [0.29, 0.717) is 37.9 Å². The van der Waals surface area contributed by atoms with Crippen LogP contribution in [0.3, 0.4) is 0 Å². The van der Waals surface area contributed by atoms with E-state index >= 15 is 0 Å². The number of hydrogen-bond acceptors (Lipinski definition) is 6. The molecule has 1 aliphatic heterocycles. The Hall–Kier alpha value is -0.920. The Morgan fingerprint density at radius 1 is 1.31 bits per heavy atom. The Bertz CT molecular complexity index is 729. The number of halogens is 1. The van der Waals surface area contributed by atoms with Crippen LogP contribution in [-0.2, 0) is 15.8 Å². The minimum absolute atomic E-state index is 0. The second-order valence-electron chi connectivity index (χ2n) is 7.53. The smallest absolute Gasteiger partial charge is 0.220 e. The van der Waals surface area contributed by atoms with E-state index in [9.17, 15) is 8.42 Å². The topological polar surface area (TPSA) is 94.3 Å². The van der Waals surface area contributed by atoms with Gasteiger partial charge in [-0.15, -0.1) is 24.0 Å². The second-order valence-corrected chi connectivity index (χ2v) is 9.49. The lowest BCUT2D eigenvalue weighted by molar-refractivity contribution is 0.242. The van der Waals surface area contributed by atoms with Crippen LogP contribution < -0.4 is 5.32 Å². The maximum absolute atomic E-state index is 12.5. The van der Waals surface area contributed by atoms with Gasteiger partial charge < -0.3 is 19.6 Å². The van der Waals surface area contributed by atoms with Crippen molar-refractivity contribution in [3.8, 4) is 0 Å². The molecular weight excluding hydrogens is 507 g/mol. The zero-order valence-electron chi connectivity index (χ0n) is 17.3.